The lowest BCUT2D eigenvalue weighted by molar-refractivity contribution is 0.0941. The van der Waals surface area contributed by atoms with Crippen molar-refractivity contribution >= 4 is 18.1 Å². The zero-order valence-electron chi connectivity index (χ0n) is 15.6. The van der Waals surface area contributed by atoms with Gasteiger partial charge in [-0.3, -0.25) is 9.36 Å². The van der Waals surface area contributed by atoms with E-state index < -0.39 is 0 Å². The zero-order chi connectivity index (χ0) is 19.2. The van der Waals surface area contributed by atoms with Crippen LogP contribution in [0.5, 0.6) is 0 Å². The number of likely N-dealkylation sites (N-methyl/N-ethyl adjacent to an activating group) is 1. The van der Waals surface area contributed by atoms with Gasteiger partial charge in [-0.25, -0.2) is 0 Å². The quantitative estimate of drug-likeness (QED) is 0.618. The van der Waals surface area contributed by atoms with Crippen LogP contribution in [0.15, 0.2) is 67.0 Å². The molecule has 1 amide bonds. The highest BCUT2D eigenvalue weighted by Gasteiger charge is 2.14. The van der Waals surface area contributed by atoms with Crippen LogP contribution in [0.4, 0.5) is 0 Å². The maximum atomic E-state index is 12.5. The summed E-state index contributed by atoms with van der Waals surface area (Å²) < 4.78 is 2.49. The van der Waals surface area contributed by atoms with E-state index in [0.29, 0.717) is 16.9 Å². The van der Waals surface area contributed by atoms with Crippen molar-refractivity contribution in [2.75, 3.05) is 20.6 Å². The molecule has 5 nitrogen and oxygen atoms in total. The Morgan fingerprint density at radius 2 is 1.85 bits per heavy atom. The Bertz CT molecular complexity index is 929. The molecule has 27 heavy (non-hydrogen) atoms. The molecule has 2 N–H and O–H groups in total. The van der Waals surface area contributed by atoms with Gasteiger partial charge in [0.1, 0.15) is 0 Å². The SMILES string of the molecule is CN(C)C(CNC(=O)c1ccc(-n2cc[nH]c2=S)cc1)Cc1ccccc1. The number of imidazole rings is 1. The number of hydrogen-bond acceptors (Lipinski definition) is 3. The Balaban J connectivity index is 1.62. The van der Waals surface area contributed by atoms with E-state index in [0.717, 1.165) is 12.1 Å². The summed E-state index contributed by atoms with van der Waals surface area (Å²) in [6, 6.07) is 18.0. The van der Waals surface area contributed by atoms with Crippen molar-refractivity contribution in [1.29, 1.82) is 0 Å². The van der Waals surface area contributed by atoms with Crippen LogP contribution < -0.4 is 5.32 Å². The minimum Gasteiger partial charge on any atom is -0.350 e. The van der Waals surface area contributed by atoms with Gasteiger partial charge in [0.25, 0.3) is 5.91 Å². The van der Waals surface area contributed by atoms with Crippen molar-refractivity contribution in [1.82, 2.24) is 19.8 Å². The third-order valence-corrected chi connectivity index (χ3v) is 4.91. The number of hydrogen-bond donors (Lipinski definition) is 2. The Hall–Kier alpha value is -2.70. The molecule has 0 radical (unpaired) electrons. The van der Waals surface area contributed by atoms with E-state index in [1.807, 2.05) is 67.3 Å². The average molecular weight is 381 g/mol. The van der Waals surface area contributed by atoms with E-state index in [-0.39, 0.29) is 11.9 Å². The minimum atomic E-state index is -0.0703. The van der Waals surface area contributed by atoms with Crippen LogP contribution in [0, 0.1) is 4.77 Å². The van der Waals surface area contributed by atoms with Crippen LogP contribution in [0.2, 0.25) is 0 Å². The molecule has 0 fully saturated rings. The van der Waals surface area contributed by atoms with E-state index in [2.05, 4.69) is 27.3 Å². The second-order valence-corrected chi connectivity index (χ2v) is 7.09. The maximum absolute atomic E-state index is 12.5. The van der Waals surface area contributed by atoms with Crippen molar-refractivity contribution < 1.29 is 4.79 Å². The molecule has 140 valence electrons. The molecule has 2 aromatic carbocycles. The van der Waals surface area contributed by atoms with Crippen LogP contribution in [-0.2, 0) is 6.42 Å². The van der Waals surface area contributed by atoms with Gasteiger partial charge in [0.05, 0.1) is 0 Å². The first-order valence-corrected chi connectivity index (χ1v) is 9.30. The molecule has 1 unspecified atom stereocenters. The van der Waals surface area contributed by atoms with Gasteiger partial charge in [-0.2, -0.15) is 0 Å². The number of benzene rings is 2. The second-order valence-electron chi connectivity index (χ2n) is 6.70. The number of rotatable bonds is 7. The number of H-pyrrole nitrogens is 1. The third kappa shape index (κ3) is 4.93. The molecule has 0 saturated heterocycles. The predicted molar refractivity (Wildman–Crippen MR) is 111 cm³/mol. The molecule has 3 aromatic rings. The number of nitrogens with zero attached hydrogens (tertiary/aromatic N) is 2. The topological polar surface area (TPSA) is 53.1 Å². The van der Waals surface area contributed by atoms with E-state index in [1.54, 1.807) is 6.20 Å². The monoisotopic (exact) mass is 380 g/mol. The summed E-state index contributed by atoms with van der Waals surface area (Å²) in [6.45, 7) is 0.589. The van der Waals surface area contributed by atoms with Crippen molar-refractivity contribution in [2.24, 2.45) is 0 Å². The van der Waals surface area contributed by atoms with Gasteiger partial charge in [-0.05, 0) is 62.6 Å². The minimum absolute atomic E-state index is 0.0703. The van der Waals surface area contributed by atoms with E-state index in [9.17, 15) is 4.79 Å². The summed E-state index contributed by atoms with van der Waals surface area (Å²) >= 11 is 5.22. The maximum Gasteiger partial charge on any atom is 0.251 e. The molecular formula is C21H24N4OS. The lowest BCUT2D eigenvalue weighted by Gasteiger charge is -2.24. The molecule has 0 spiro atoms. The molecular weight excluding hydrogens is 356 g/mol. The average Bonchev–Trinajstić information content (AvgIpc) is 3.11. The molecule has 1 atom stereocenters. The van der Waals surface area contributed by atoms with Gasteiger partial charge in [0.15, 0.2) is 4.77 Å². The highest BCUT2D eigenvalue weighted by molar-refractivity contribution is 7.71. The second kappa shape index (κ2) is 8.79. The molecule has 0 aliphatic heterocycles. The third-order valence-electron chi connectivity index (χ3n) is 4.60. The van der Waals surface area contributed by atoms with Crippen LogP contribution >= 0.6 is 12.2 Å². The first kappa shape index (κ1) is 19.1. The molecule has 0 saturated carbocycles. The molecule has 3 rings (SSSR count). The highest BCUT2D eigenvalue weighted by Crippen LogP contribution is 2.11. The molecule has 0 aliphatic carbocycles. The molecule has 1 aromatic heterocycles. The first-order chi connectivity index (χ1) is 13.0. The number of amides is 1. The van der Waals surface area contributed by atoms with Crippen LogP contribution in [0.25, 0.3) is 5.69 Å². The lowest BCUT2D eigenvalue weighted by Crippen LogP contribution is -2.41. The molecule has 0 bridgehead atoms. The summed E-state index contributed by atoms with van der Waals surface area (Å²) in [6.07, 6.45) is 4.54. The van der Waals surface area contributed by atoms with Crippen LogP contribution in [0.1, 0.15) is 15.9 Å². The van der Waals surface area contributed by atoms with Crippen molar-refractivity contribution in [3.63, 3.8) is 0 Å². The van der Waals surface area contributed by atoms with E-state index >= 15 is 0 Å². The van der Waals surface area contributed by atoms with E-state index in [1.165, 1.54) is 5.56 Å². The Morgan fingerprint density at radius 1 is 1.15 bits per heavy atom. The number of aromatic amines is 1. The Morgan fingerprint density at radius 3 is 2.44 bits per heavy atom. The van der Waals surface area contributed by atoms with Crippen molar-refractivity contribution in [3.8, 4) is 5.69 Å². The largest absolute Gasteiger partial charge is 0.350 e. The van der Waals surface area contributed by atoms with Gasteiger partial charge in [-0.15, -0.1) is 0 Å². The smallest absolute Gasteiger partial charge is 0.251 e. The Kier molecular flexibility index (Phi) is 6.21. The fourth-order valence-electron chi connectivity index (χ4n) is 2.93. The normalized spacial score (nSPS) is 12.1. The first-order valence-electron chi connectivity index (χ1n) is 8.89. The number of carbonyl (C=O) groups excluding carboxylic acids is 1. The summed E-state index contributed by atoms with van der Waals surface area (Å²) in [4.78, 5) is 17.6. The Labute approximate surface area is 164 Å². The van der Waals surface area contributed by atoms with Gasteiger partial charge >= 0.3 is 0 Å². The van der Waals surface area contributed by atoms with Gasteiger partial charge in [0.2, 0.25) is 0 Å². The lowest BCUT2D eigenvalue weighted by atomic mass is 10.0. The van der Waals surface area contributed by atoms with Crippen molar-refractivity contribution in [3.05, 3.63) is 82.9 Å². The predicted octanol–water partition coefficient (Wildman–Crippen LogP) is 3.44. The molecule has 6 heteroatoms. The summed E-state index contributed by atoms with van der Waals surface area (Å²) in [5.41, 5.74) is 2.82. The van der Waals surface area contributed by atoms with Gasteiger partial charge < -0.3 is 15.2 Å². The van der Waals surface area contributed by atoms with Crippen LogP contribution in [0.3, 0.4) is 0 Å². The number of nitrogens with one attached hydrogen (secondary N) is 2. The number of carbonyl (C=O) groups is 1. The number of aromatic nitrogens is 2. The highest BCUT2D eigenvalue weighted by atomic mass is 32.1. The van der Waals surface area contributed by atoms with E-state index in [4.69, 9.17) is 12.2 Å². The molecule has 0 aliphatic rings. The summed E-state index contributed by atoms with van der Waals surface area (Å²) in [5, 5.41) is 3.05. The summed E-state index contributed by atoms with van der Waals surface area (Å²) in [7, 11) is 4.07. The van der Waals surface area contributed by atoms with Gasteiger partial charge in [-0.1, -0.05) is 30.3 Å². The standard InChI is InChI=1S/C21H24N4OS/c1-24(2)19(14-16-6-4-3-5-7-16)15-23-20(26)17-8-10-18(11-9-17)25-13-12-22-21(25)27/h3-13,19H,14-15H2,1-2H3,(H,22,27)(H,23,26). The zero-order valence-corrected chi connectivity index (χ0v) is 16.4. The fraction of sp³-hybridized carbons (Fsp3) is 0.238. The fourth-order valence-corrected chi connectivity index (χ4v) is 3.17. The van der Waals surface area contributed by atoms with Crippen LogP contribution in [-0.4, -0.2) is 47.0 Å². The summed E-state index contributed by atoms with van der Waals surface area (Å²) in [5.74, 6) is -0.0703. The van der Waals surface area contributed by atoms with Gasteiger partial charge in [0, 0.05) is 36.2 Å². The molecule has 1 heterocycles. The van der Waals surface area contributed by atoms with Crippen molar-refractivity contribution in [2.45, 2.75) is 12.5 Å².